The van der Waals surface area contributed by atoms with E-state index in [2.05, 4.69) is 95.2 Å². The average Bonchev–Trinajstić information content (AvgIpc) is 2.83. The fourth-order valence-corrected chi connectivity index (χ4v) is 4.38. The number of carbonyl (C=O) groups excluding carboxylic acids is 2. The zero-order valence-corrected chi connectivity index (χ0v) is 27.5. The SMILES string of the molecule is CC(C)(C)c1cc(C(=O)Oc2ccc(OC(=O)c3cc(C(C)(C)C)cc(C(C)(C)C)c3)c(Cl)c2)cc(C(C)(C)C)c1. The fourth-order valence-electron chi connectivity index (χ4n) is 4.18. The molecule has 41 heavy (non-hydrogen) atoms. The summed E-state index contributed by atoms with van der Waals surface area (Å²) in [6.07, 6.45) is 0. The van der Waals surface area contributed by atoms with E-state index in [9.17, 15) is 9.59 Å². The first kappa shape index (κ1) is 32.4. The van der Waals surface area contributed by atoms with E-state index in [4.69, 9.17) is 21.1 Å². The highest BCUT2D eigenvalue weighted by Gasteiger charge is 2.25. The largest absolute Gasteiger partial charge is 0.423 e. The maximum atomic E-state index is 13.2. The van der Waals surface area contributed by atoms with Crippen molar-refractivity contribution in [3.05, 3.63) is 93.0 Å². The van der Waals surface area contributed by atoms with Crippen molar-refractivity contribution in [1.82, 2.24) is 0 Å². The average molecular weight is 577 g/mol. The second-order valence-electron chi connectivity index (χ2n) is 15.0. The second kappa shape index (κ2) is 11.3. The molecule has 0 atom stereocenters. The lowest BCUT2D eigenvalue weighted by Gasteiger charge is -2.26. The minimum atomic E-state index is -0.498. The zero-order chi connectivity index (χ0) is 31.1. The van der Waals surface area contributed by atoms with Crippen LogP contribution < -0.4 is 9.47 Å². The van der Waals surface area contributed by atoms with Crippen molar-refractivity contribution in [1.29, 1.82) is 0 Å². The third kappa shape index (κ3) is 8.23. The maximum absolute atomic E-state index is 13.2. The molecule has 0 spiro atoms. The van der Waals surface area contributed by atoms with Crippen LogP contribution in [0.15, 0.2) is 54.6 Å². The molecule has 0 aliphatic carbocycles. The van der Waals surface area contributed by atoms with Gasteiger partial charge in [0.15, 0.2) is 0 Å². The van der Waals surface area contributed by atoms with E-state index in [0.29, 0.717) is 11.1 Å². The first-order valence-electron chi connectivity index (χ1n) is 14.1. The smallest absolute Gasteiger partial charge is 0.343 e. The molecule has 3 aromatic carbocycles. The lowest BCUT2D eigenvalue weighted by Crippen LogP contribution is -2.19. The van der Waals surface area contributed by atoms with Crippen LogP contribution in [0.2, 0.25) is 5.02 Å². The summed E-state index contributed by atoms with van der Waals surface area (Å²) in [6, 6.07) is 16.4. The van der Waals surface area contributed by atoms with Gasteiger partial charge in [-0.25, -0.2) is 9.59 Å². The quantitative estimate of drug-likeness (QED) is 0.229. The number of hydrogen-bond donors (Lipinski definition) is 0. The van der Waals surface area contributed by atoms with Crippen molar-refractivity contribution in [2.45, 2.75) is 105 Å². The van der Waals surface area contributed by atoms with Crippen LogP contribution in [-0.4, -0.2) is 11.9 Å². The molecule has 0 fully saturated rings. The Morgan fingerprint density at radius 2 is 0.854 bits per heavy atom. The van der Waals surface area contributed by atoms with Crippen molar-refractivity contribution < 1.29 is 19.1 Å². The van der Waals surface area contributed by atoms with Crippen LogP contribution in [-0.2, 0) is 21.7 Å². The fraction of sp³-hybridized carbons (Fsp3) is 0.444. The molecule has 4 nitrogen and oxygen atoms in total. The molecule has 3 rings (SSSR count). The number of rotatable bonds is 4. The lowest BCUT2D eigenvalue weighted by atomic mass is 9.79. The van der Waals surface area contributed by atoms with Crippen molar-refractivity contribution >= 4 is 23.5 Å². The van der Waals surface area contributed by atoms with Crippen LogP contribution in [0.4, 0.5) is 0 Å². The molecule has 0 unspecified atom stereocenters. The summed E-state index contributed by atoms with van der Waals surface area (Å²) < 4.78 is 11.4. The van der Waals surface area contributed by atoms with Gasteiger partial charge in [-0.1, -0.05) is 107 Å². The highest BCUT2D eigenvalue weighted by Crippen LogP contribution is 2.34. The molecule has 0 heterocycles. The van der Waals surface area contributed by atoms with Gasteiger partial charge in [-0.05, 0) is 80.3 Å². The van der Waals surface area contributed by atoms with Crippen molar-refractivity contribution in [2.24, 2.45) is 0 Å². The molecule has 0 bridgehead atoms. The molecule has 0 amide bonds. The Balaban J connectivity index is 1.86. The summed E-state index contributed by atoms with van der Waals surface area (Å²) in [6.45, 7) is 25.4. The lowest BCUT2D eigenvalue weighted by molar-refractivity contribution is 0.0719. The van der Waals surface area contributed by atoms with Crippen LogP contribution in [0.1, 0.15) is 126 Å². The minimum absolute atomic E-state index is 0.134. The Labute approximate surface area is 251 Å². The van der Waals surface area contributed by atoms with E-state index < -0.39 is 11.9 Å². The Hall–Kier alpha value is -3.11. The highest BCUT2D eigenvalue weighted by molar-refractivity contribution is 6.32. The van der Waals surface area contributed by atoms with Gasteiger partial charge < -0.3 is 9.47 Å². The summed E-state index contributed by atoms with van der Waals surface area (Å²) in [5, 5.41) is 0.172. The molecule has 220 valence electrons. The Bertz CT molecular complexity index is 1390. The number of esters is 2. The van der Waals surface area contributed by atoms with E-state index in [1.54, 1.807) is 12.1 Å². The van der Waals surface area contributed by atoms with Crippen LogP contribution in [0, 0.1) is 0 Å². The summed E-state index contributed by atoms with van der Waals surface area (Å²) >= 11 is 6.50. The van der Waals surface area contributed by atoms with Crippen LogP contribution >= 0.6 is 11.6 Å². The number of carbonyl (C=O) groups is 2. The monoisotopic (exact) mass is 576 g/mol. The number of benzene rings is 3. The normalized spacial score (nSPS) is 12.7. The highest BCUT2D eigenvalue weighted by atomic mass is 35.5. The van der Waals surface area contributed by atoms with Gasteiger partial charge >= 0.3 is 11.9 Å². The first-order chi connectivity index (χ1) is 18.6. The van der Waals surface area contributed by atoms with E-state index in [1.165, 1.54) is 6.07 Å². The van der Waals surface area contributed by atoms with E-state index in [-0.39, 0.29) is 38.2 Å². The topological polar surface area (TPSA) is 52.6 Å². The Kier molecular flexibility index (Phi) is 8.92. The first-order valence-corrected chi connectivity index (χ1v) is 14.5. The van der Waals surface area contributed by atoms with Gasteiger partial charge in [0.05, 0.1) is 16.1 Å². The van der Waals surface area contributed by atoms with Crippen LogP contribution in [0.5, 0.6) is 11.5 Å². The summed E-state index contributed by atoms with van der Waals surface area (Å²) in [5.74, 6) is -0.513. The summed E-state index contributed by atoms with van der Waals surface area (Å²) in [5.41, 5.74) is 4.61. The standard InChI is InChI=1S/C36H45ClO4/c1-33(2,3)24-15-22(16-25(19-24)34(4,5)6)31(38)40-28-13-14-30(29(37)21-28)41-32(39)23-17-26(35(7,8)9)20-27(18-23)36(10,11)12/h13-21H,1-12H3. The predicted octanol–water partition coefficient (Wildman–Crippen LogP) is 9.97. The summed E-state index contributed by atoms with van der Waals surface area (Å²) in [7, 11) is 0. The Morgan fingerprint density at radius 1 is 0.512 bits per heavy atom. The van der Waals surface area contributed by atoms with Gasteiger partial charge in [-0.3, -0.25) is 0 Å². The van der Waals surface area contributed by atoms with E-state index in [0.717, 1.165) is 22.3 Å². The third-order valence-corrected chi connectivity index (χ3v) is 7.41. The van der Waals surface area contributed by atoms with Gasteiger partial charge in [0.2, 0.25) is 0 Å². The summed E-state index contributed by atoms with van der Waals surface area (Å²) in [4.78, 5) is 26.4. The van der Waals surface area contributed by atoms with Gasteiger partial charge in [-0.2, -0.15) is 0 Å². The number of halogens is 1. The van der Waals surface area contributed by atoms with Crippen LogP contribution in [0.3, 0.4) is 0 Å². The predicted molar refractivity (Wildman–Crippen MR) is 169 cm³/mol. The van der Waals surface area contributed by atoms with Gasteiger partial charge in [0, 0.05) is 6.07 Å². The Morgan fingerprint density at radius 3 is 1.17 bits per heavy atom. The molecule has 3 aromatic rings. The zero-order valence-electron chi connectivity index (χ0n) is 26.7. The second-order valence-corrected chi connectivity index (χ2v) is 15.4. The number of hydrogen-bond acceptors (Lipinski definition) is 4. The van der Waals surface area contributed by atoms with Crippen molar-refractivity contribution in [3.63, 3.8) is 0 Å². The van der Waals surface area contributed by atoms with Gasteiger partial charge in [-0.15, -0.1) is 0 Å². The van der Waals surface area contributed by atoms with Gasteiger partial charge in [0.25, 0.3) is 0 Å². The molecule has 0 aliphatic heterocycles. The molecule has 0 saturated carbocycles. The molecule has 5 heteroatoms. The third-order valence-electron chi connectivity index (χ3n) is 7.12. The van der Waals surface area contributed by atoms with Crippen molar-refractivity contribution in [3.8, 4) is 11.5 Å². The van der Waals surface area contributed by atoms with Crippen molar-refractivity contribution in [2.75, 3.05) is 0 Å². The van der Waals surface area contributed by atoms with Gasteiger partial charge in [0.1, 0.15) is 11.5 Å². The molecule has 0 saturated heterocycles. The minimum Gasteiger partial charge on any atom is -0.423 e. The van der Waals surface area contributed by atoms with E-state index in [1.807, 2.05) is 24.3 Å². The molecule has 0 aromatic heterocycles. The van der Waals surface area contributed by atoms with E-state index >= 15 is 0 Å². The molecular formula is C36H45ClO4. The molecule has 0 N–H and O–H groups in total. The molecular weight excluding hydrogens is 532 g/mol. The number of ether oxygens (including phenoxy) is 2. The van der Waals surface area contributed by atoms with Crippen LogP contribution in [0.25, 0.3) is 0 Å². The molecule has 0 aliphatic rings. The molecule has 0 radical (unpaired) electrons. The maximum Gasteiger partial charge on any atom is 0.343 e.